The van der Waals surface area contributed by atoms with Gasteiger partial charge >= 0.3 is 0 Å². The van der Waals surface area contributed by atoms with Gasteiger partial charge in [0.15, 0.2) is 0 Å². The summed E-state index contributed by atoms with van der Waals surface area (Å²) in [5.74, 6) is -0.270. The fraction of sp³-hybridized carbons (Fsp3) is 0.333. The van der Waals surface area contributed by atoms with E-state index >= 15 is 0 Å². The first-order valence-corrected chi connectivity index (χ1v) is 8.15. The van der Waals surface area contributed by atoms with E-state index in [1.807, 2.05) is 11.4 Å². The van der Waals surface area contributed by atoms with Crippen LogP contribution in [0, 0.1) is 5.82 Å². The molecule has 2 rings (SSSR count). The summed E-state index contributed by atoms with van der Waals surface area (Å²) in [6, 6.07) is 6.70. The van der Waals surface area contributed by atoms with Crippen molar-refractivity contribution in [2.24, 2.45) is 0 Å². The SMILES string of the molecule is CCCNC(Cc1ccc(Cl)cc1F)c1sccc1Cl. The molecular formula is C15H16Cl2FNS. The Morgan fingerprint density at radius 2 is 2.10 bits per heavy atom. The van der Waals surface area contributed by atoms with Crippen LogP contribution in [0.3, 0.4) is 0 Å². The van der Waals surface area contributed by atoms with E-state index in [9.17, 15) is 4.39 Å². The molecule has 0 aliphatic heterocycles. The summed E-state index contributed by atoms with van der Waals surface area (Å²) in [5.41, 5.74) is 0.646. The quantitative estimate of drug-likeness (QED) is 0.739. The van der Waals surface area contributed by atoms with E-state index in [0.717, 1.165) is 22.9 Å². The minimum absolute atomic E-state index is 0.0260. The summed E-state index contributed by atoms with van der Waals surface area (Å²) < 4.78 is 13.9. The lowest BCUT2D eigenvalue weighted by Crippen LogP contribution is -2.24. The van der Waals surface area contributed by atoms with Gasteiger partial charge in [0.25, 0.3) is 0 Å². The molecule has 0 saturated heterocycles. The van der Waals surface area contributed by atoms with Crippen LogP contribution in [-0.4, -0.2) is 6.54 Å². The summed E-state index contributed by atoms with van der Waals surface area (Å²) in [6.45, 7) is 2.97. The maximum atomic E-state index is 13.9. The van der Waals surface area contributed by atoms with Crippen molar-refractivity contribution in [3.8, 4) is 0 Å². The average molecular weight is 332 g/mol. The van der Waals surface area contributed by atoms with E-state index < -0.39 is 0 Å². The van der Waals surface area contributed by atoms with Crippen molar-refractivity contribution in [1.82, 2.24) is 5.32 Å². The van der Waals surface area contributed by atoms with Crippen LogP contribution in [0.2, 0.25) is 10.0 Å². The van der Waals surface area contributed by atoms with E-state index in [2.05, 4.69) is 12.2 Å². The van der Waals surface area contributed by atoms with Gasteiger partial charge in [-0.25, -0.2) is 4.39 Å². The summed E-state index contributed by atoms with van der Waals surface area (Å²) in [6.07, 6.45) is 1.58. The second-order valence-electron chi connectivity index (χ2n) is 4.58. The van der Waals surface area contributed by atoms with Crippen molar-refractivity contribution in [1.29, 1.82) is 0 Å². The molecule has 0 saturated carbocycles. The van der Waals surface area contributed by atoms with E-state index in [0.29, 0.717) is 17.0 Å². The fourth-order valence-electron chi connectivity index (χ4n) is 2.04. The zero-order valence-electron chi connectivity index (χ0n) is 11.1. The Bertz CT molecular complexity index is 571. The molecule has 0 fully saturated rings. The molecule has 108 valence electrons. The topological polar surface area (TPSA) is 12.0 Å². The van der Waals surface area contributed by atoms with Crippen LogP contribution in [0.15, 0.2) is 29.6 Å². The predicted molar refractivity (Wildman–Crippen MR) is 85.5 cm³/mol. The number of thiophene rings is 1. The van der Waals surface area contributed by atoms with Crippen LogP contribution in [0.5, 0.6) is 0 Å². The Kier molecular flexibility index (Phi) is 5.85. The Labute approximate surface area is 132 Å². The molecule has 2 aromatic rings. The highest BCUT2D eigenvalue weighted by Crippen LogP contribution is 2.31. The van der Waals surface area contributed by atoms with E-state index in [-0.39, 0.29) is 11.9 Å². The molecule has 0 bridgehead atoms. The number of nitrogens with one attached hydrogen (secondary N) is 1. The number of hydrogen-bond acceptors (Lipinski definition) is 2. The first kappa shape index (κ1) is 15.8. The first-order valence-electron chi connectivity index (χ1n) is 6.52. The van der Waals surface area contributed by atoms with Crippen LogP contribution in [0.4, 0.5) is 4.39 Å². The smallest absolute Gasteiger partial charge is 0.127 e. The Balaban J connectivity index is 2.21. The standard InChI is InChI=1S/C15H16Cl2FNS/c1-2-6-19-14(15-12(17)5-7-20-15)8-10-3-4-11(16)9-13(10)18/h3-5,7,9,14,19H,2,6,8H2,1H3. The number of halogens is 3. The number of benzene rings is 1. The molecule has 1 N–H and O–H groups in total. The molecule has 1 aromatic carbocycles. The van der Waals surface area contributed by atoms with Gasteiger partial charge in [-0.15, -0.1) is 11.3 Å². The molecule has 0 spiro atoms. The molecule has 0 radical (unpaired) electrons. The Hall–Kier alpha value is -0.610. The maximum absolute atomic E-state index is 13.9. The second kappa shape index (κ2) is 7.41. The molecule has 1 atom stereocenters. The van der Waals surface area contributed by atoms with Crippen molar-refractivity contribution < 1.29 is 4.39 Å². The van der Waals surface area contributed by atoms with Gasteiger partial charge in [0.1, 0.15) is 5.82 Å². The highest BCUT2D eigenvalue weighted by atomic mass is 35.5. The molecule has 0 aliphatic carbocycles. The Morgan fingerprint density at radius 1 is 1.30 bits per heavy atom. The molecule has 1 unspecified atom stereocenters. The zero-order valence-corrected chi connectivity index (χ0v) is 13.5. The molecule has 0 aliphatic rings. The van der Waals surface area contributed by atoms with Gasteiger partial charge in [-0.3, -0.25) is 0 Å². The normalized spacial score (nSPS) is 12.6. The van der Waals surface area contributed by atoms with Crippen LogP contribution in [0.25, 0.3) is 0 Å². The van der Waals surface area contributed by atoms with Gasteiger partial charge in [-0.2, -0.15) is 0 Å². The van der Waals surface area contributed by atoms with E-state index in [1.165, 1.54) is 6.07 Å². The van der Waals surface area contributed by atoms with Crippen molar-refractivity contribution >= 4 is 34.5 Å². The molecule has 0 amide bonds. The minimum Gasteiger partial charge on any atom is -0.309 e. The van der Waals surface area contributed by atoms with Gasteiger partial charge in [-0.05, 0) is 48.5 Å². The largest absolute Gasteiger partial charge is 0.309 e. The van der Waals surface area contributed by atoms with Gasteiger partial charge < -0.3 is 5.32 Å². The lowest BCUT2D eigenvalue weighted by Gasteiger charge is -2.18. The monoisotopic (exact) mass is 331 g/mol. The van der Waals surface area contributed by atoms with Crippen molar-refractivity contribution in [2.45, 2.75) is 25.8 Å². The molecule has 5 heteroatoms. The highest BCUT2D eigenvalue weighted by molar-refractivity contribution is 7.10. The number of rotatable bonds is 6. The van der Waals surface area contributed by atoms with Crippen molar-refractivity contribution in [3.63, 3.8) is 0 Å². The third-order valence-corrected chi connectivity index (χ3v) is 4.75. The molecule has 20 heavy (non-hydrogen) atoms. The number of hydrogen-bond donors (Lipinski definition) is 1. The zero-order chi connectivity index (χ0) is 14.5. The third kappa shape index (κ3) is 3.95. The fourth-order valence-corrected chi connectivity index (χ4v) is 3.46. The van der Waals surface area contributed by atoms with Gasteiger partial charge in [0.2, 0.25) is 0 Å². The lowest BCUT2D eigenvalue weighted by atomic mass is 10.0. The van der Waals surface area contributed by atoms with Crippen LogP contribution in [0.1, 0.15) is 29.8 Å². The molecule has 1 nitrogen and oxygen atoms in total. The third-order valence-electron chi connectivity index (χ3n) is 3.04. The molecule has 1 aromatic heterocycles. The minimum atomic E-state index is -0.270. The van der Waals surface area contributed by atoms with Crippen LogP contribution >= 0.6 is 34.5 Å². The summed E-state index contributed by atoms with van der Waals surface area (Å²) >= 11 is 13.6. The maximum Gasteiger partial charge on any atom is 0.127 e. The van der Waals surface area contributed by atoms with Gasteiger partial charge in [-0.1, -0.05) is 36.2 Å². The lowest BCUT2D eigenvalue weighted by molar-refractivity contribution is 0.519. The summed E-state index contributed by atoms with van der Waals surface area (Å²) in [7, 11) is 0. The second-order valence-corrected chi connectivity index (χ2v) is 6.37. The molecular weight excluding hydrogens is 316 g/mol. The van der Waals surface area contributed by atoms with E-state index in [1.54, 1.807) is 23.5 Å². The van der Waals surface area contributed by atoms with Crippen molar-refractivity contribution in [2.75, 3.05) is 6.54 Å². The molecule has 1 heterocycles. The summed E-state index contributed by atoms with van der Waals surface area (Å²) in [4.78, 5) is 1.05. The van der Waals surface area contributed by atoms with Crippen LogP contribution < -0.4 is 5.32 Å². The van der Waals surface area contributed by atoms with E-state index in [4.69, 9.17) is 23.2 Å². The van der Waals surface area contributed by atoms with Gasteiger partial charge in [0.05, 0.1) is 5.02 Å². The Morgan fingerprint density at radius 3 is 2.70 bits per heavy atom. The first-order chi connectivity index (χ1) is 9.61. The summed E-state index contributed by atoms with van der Waals surface area (Å²) in [5, 5.41) is 6.53. The predicted octanol–water partition coefficient (Wildman–Crippen LogP) is 5.48. The van der Waals surface area contributed by atoms with Crippen LogP contribution in [-0.2, 0) is 6.42 Å². The van der Waals surface area contributed by atoms with Crippen molar-refractivity contribution in [3.05, 3.63) is 55.9 Å². The van der Waals surface area contributed by atoms with Gasteiger partial charge in [0, 0.05) is 15.9 Å². The average Bonchev–Trinajstić information content (AvgIpc) is 2.83. The highest BCUT2D eigenvalue weighted by Gasteiger charge is 2.18.